The minimum Gasteiger partial charge on any atom is -0.508 e. The molecule has 0 saturated carbocycles. The number of carbonyl (C=O) groups excluding carboxylic acids is 2. The Morgan fingerprint density at radius 3 is 2.45 bits per heavy atom. The van der Waals surface area contributed by atoms with Crippen LogP contribution in [0.4, 0.5) is 11.4 Å². The summed E-state index contributed by atoms with van der Waals surface area (Å²) in [5.74, 6) is -0.744. The van der Waals surface area contributed by atoms with Crippen molar-refractivity contribution in [2.75, 3.05) is 5.32 Å². The average Bonchev–Trinajstić information content (AvgIpc) is 2.96. The lowest BCUT2D eigenvalue weighted by molar-refractivity contribution is -0.384. The number of benzene rings is 2. The van der Waals surface area contributed by atoms with Crippen molar-refractivity contribution >= 4 is 57.6 Å². The summed E-state index contributed by atoms with van der Waals surface area (Å²) in [7, 11) is 0. The van der Waals surface area contributed by atoms with E-state index in [-0.39, 0.29) is 21.7 Å². The molecule has 3 rings (SSSR count). The highest BCUT2D eigenvalue weighted by Gasteiger charge is 2.38. The van der Waals surface area contributed by atoms with Crippen LogP contribution in [0.25, 0.3) is 6.08 Å². The summed E-state index contributed by atoms with van der Waals surface area (Å²) in [5.41, 5.74) is 0.996. The molecule has 0 aromatic heterocycles. The highest BCUT2D eigenvalue weighted by atomic mass is 32.2. The highest BCUT2D eigenvalue weighted by Crippen LogP contribution is 2.34. The number of carbonyl (C=O) groups is 2. The van der Waals surface area contributed by atoms with Crippen molar-refractivity contribution in [3.63, 3.8) is 0 Å². The molecule has 1 unspecified atom stereocenters. The van der Waals surface area contributed by atoms with Gasteiger partial charge in [0.1, 0.15) is 16.1 Å². The number of rotatable bonds is 5. The molecule has 10 heteroatoms. The van der Waals surface area contributed by atoms with Gasteiger partial charge in [-0.2, -0.15) is 0 Å². The molecule has 2 aromatic carbocycles. The first-order valence-electron chi connectivity index (χ1n) is 8.37. The quantitative estimate of drug-likeness (QED) is 0.324. The van der Waals surface area contributed by atoms with Gasteiger partial charge in [0, 0.05) is 17.8 Å². The summed E-state index contributed by atoms with van der Waals surface area (Å²) in [6, 6.07) is 10.8. The third-order valence-electron chi connectivity index (χ3n) is 4.13. The fourth-order valence-corrected chi connectivity index (χ4v) is 3.98. The third kappa shape index (κ3) is 4.61. The van der Waals surface area contributed by atoms with Crippen LogP contribution in [-0.4, -0.2) is 37.1 Å². The fourth-order valence-electron chi connectivity index (χ4n) is 2.57. The van der Waals surface area contributed by atoms with Gasteiger partial charge in [-0.15, -0.1) is 0 Å². The van der Waals surface area contributed by atoms with Gasteiger partial charge >= 0.3 is 0 Å². The van der Waals surface area contributed by atoms with Crippen molar-refractivity contribution < 1.29 is 19.6 Å². The largest absolute Gasteiger partial charge is 0.508 e. The Morgan fingerprint density at radius 2 is 1.86 bits per heavy atom. The van der Waals surface area contributed by atoms with E-state index < -0.39 is 16.9 Å². The lowest BCUT2D eigenvalue weighted by Crippen LogP contribution is -2.44. The molecule has 0 radical (unpaired) electrons. The van der Waals surface area contributed by atoms with E-state index in [9.17, 15) is 24.8 Å². The molecule has 2 aromatic rings. The smallest absolute Gasteiger partial charge is 0.269 e. The first-order valence-corrected chi connectivity index (χ1v) is 9.60. The second-order valence-electron chi connectivity index (χ2n) is 6.11. The Bertz CT molecular complexity index is 1020. The summed E-state index contributed by atoms with van der Waals surface area (Å²) in [4.78, 5) is 37.1. The fraction of sp³-hybridized carbons (Fsp3) is 0.105. The Labute approximate surface area is 175 Å². The lowest BCUT2D eigenvalue weighted by Gasteiger charge is -2.22. The summed E-state index contributed by atoms with van der Waals surface area (Å²) < 4.78 is 0.256. The zero-order chi connectivity index (χ0) is 21.1. The minimum atomic E-state index is -0.872. The predicted octanol–water partition coefficient (Wildman–Crippen LogP) is 3.53. The molecule has 1 heterocycles. The number of phenols is 1. The topological polar surface area (TPSA) is 113 Å². The Morgan fingerprint density at radius 1 is 1.24 bits per heavy atom. The van der Waals surface area contributed by atoms with Gasteiger partial charge in [-0.25, -0.2) is 0 Å². The number of nitrogens with zero attached hydrogens (tertiary/aromatic N) is 2. The number of nitro groups is 1. The summed E-state index contributed by atoms with van der Waals surface area (Å²) in [5, 5.41) is 22.7. The molecule has 0 aliphatic carbocycles. The lowest BCUT2D eigenvalue weighted by atomic mass is 10.2. The van der Waals surface area contributed by atoms with Crippen molar-refractivity contribution in [3.05, 3.63) is 69.1 Å². The van der Waals surface area contributed by atoms with Crippen LogP contribution in [0.15, 0.2) is 53.4 Å². The number of phenolic OH excluding ortho intramolecular Hbond substituents is 1. The molecule has 1 saturated heterocycles. The van der Waals surface area contributed by atoms with Crippen LogP contribution < -0.4 is 5.32 Å². The number of thiocarbonyl (C=S) groups is 1. The predicted molar refractivity (Wildman–Crippen MR) is 114 cm³/mol. The number of hydrogen-bond acceptors (Lipinski definition) is 7. The van der Waals surface area contributed by atoms with Crippen LogP contribution in [0.5, 0.6) is 5.75 Å². The zero-order valence-electron chi connectivity index (χ0n) is 15.1. The van der Waals surface area contributed by atoms with Gasteiger partial charge in [-0.3, -0.25) is 24.6 Å². The molecule has 0 spiro atoms. The van der Waals surface area contributed by atoms with Crippen molar-refractivity contribution in [3.8, 4) is 5.75 Å². The molecule has 1 aliphatic heterocycles. The van der Waals surface area contributed by atoms with Crippen LogP contribution in [-0.2, 0) is 9.59 Å². The molecule has 2 N–H and O–H groups in total. The van der Waals surface area contributed by atoms with Crippen LogP contribution >= 0.6 is 24.0 Å². The molecular formula is C19H15N3O5S2. The van der Waals surface area contributed by atoms with Gasteiger partial charge in [-0.05, 0) is 42.8 Å². The summed E-state index contributed by atoms with van der Waals surface area (Å²) in [6.07, 6.45) is 1.64. The monoisotopic (exact) mass is 429 g/mol. The number of nitrogens with one attached hydrogen (secondary N) is 1. The summed E-state index contributed by atoms with van der Waals surface area (Å²) >= 11 is 6.36. The molecular weight excluding hydrogens is 414 g/mol. The minimum absolute atomic E-state index is 0.0904. The zero-order valence-corrected chi connectivity index (χ0v) is 16.7. The third-order valence-corrected chi connectivity index (χ3v) is 5.46. The maximum absolute atomic E-state index is 12.8. The van der Waals surface area contributed by atoms with E-state index in [1.54, 1.807) is 25.1 Å². The van der Waals surface area contributed by atoms with E-state index in [2.05, 4.69) is 5.32 Å². The van der Waals surface area contributed by atoms with Gasteiger partial charge in [0.05, 0.1) is 9.83 Å². The van der Waals surface area contributed by atoms with E-state index in [0.717, 1.165) is 11.8 Å². The molecule has 29 heavy (non-hydrogen) atoms. The number of hydrogen-bond donors (Lipinski definition) is 2. The maximum Gasteiger partial charge on any atom is 0.269 e. The highest BCUT2D eigenvalue weighted by molar-refractivity contribution is 8.26. The van der Waals surface area contributed by atoms with Crippen molar-refractivity contribution in [1.82, 2.24) is 4.90 Å². The van der Waals surface area contributed by atoms with Gasteiger partial charge in [0.25, 0.3) is 11.6 Å². The first-order chi connectivity index (χ1) is 13.8. The Balaban J connectivity index is 1.72. The van der Waals surface area contributed by atoms with Gasteiger partial charge < -0.3 is 10.4 Å². The second kappa shape index (κ2) is 8.41. The van der Waals surface area contributed by atoms with Crippen LogP contribution in [0, 0.1) is 10.1 Å². The molecule has 148 valence electrons. The van der Waals surface area contributed by atoms with Crippen LogP contribution in [0.3, 0.4) is 0 Å². The van der Waals surface area contributed by atoms with Crippen molar-refractivity contribution in [2.45, 2.75) is 13.0 Å². The molecule has 1 atom stereocenters. The van der Waals surface area contributed by atoms with Crippen LogP contribution in [0.2, 0.25) is 0 Å². The Hall–Kier alpha value is -3.24. The average molecular weight is 429 g/mol. The standard InChI is InChI=1S/C19H15N3O5S2/c1-11(17(24)20-13-4-6-14(7-5-13)22(26)27)21-18(25)16(29-19(21)28)10-12-2-8-15(23)9-3-12/h2-11,23H,1H3,(H,20,24)/b16-10-. The van der Waals surface area contributed by atoms with E-state index in [1.165, 1.54) is 41.3 Å². The van der Waals surface area contributed by atoms with E-state index >= 15 is 0 Å². The molecule has 8 nitrogen and oxygen atoms in total. The normalized spacial score (nSPS) is 16.2. The molecule has 0 bridgehead atoms. The number of anilines is 1. The van der Waals surface area contributed by atoms with Crippen molar-refractivity contribution in [1.29, 1.82) is 0 Å². The van der Waals surface area contributed by atoms with E-state index in [4.69, 9.17) is 12.2 Å². The molecule has 2 amide bonds. The van der Waals surface area contributed by atoms with Crippen LogP contribution in [0.1, 0.15) is 12.5 Å². The van der Waals surface area contributed by atoms with Gasteiger partial charge in [0.2, 0.25) is 5.91 Å². The number of non-ortho nitro benzene ring substituents is 1. The molecule has 1 fully saturated rings. The number of amides is 2. The number of thioether (sulfide) groups is 1. The Kier molecular flexibility index (Phi) is 5.95. The van der Waals surface area contributed by atoms with Gasteiger partial charge in [-0.1, -0.05) is 36.1 Å². The first kappa shape index (κ1) is 20.5. The second-order valence-corrected chi connectivity index (χ2v) is 7.79. The van der Waals surface area contributed by atoms with E-state index in [1.807, 2.05) is 0 Å². The van der Waals surface area contributed by atoms with Gasteiger partial charge in [0.15, 0.2) is 0 Å². The number of nitro benzene ring substituents is 1. The maximum atomic E-state index is 12.8. The van der Waals surface area contributed by atoms with Crippen molar-refractivity contribution in [2.24, 2.45) is 0 Å². The van der Waals surface area contributed by atoms with E-state index in [0.29, 0.717) is 16.2 Å². The SMILES string of the molecule is CC(C(=O)Nc1ccc([N+](=O)[O-])cc1)N1C(=O)/C(=C/c2ccc(O)cc2)SC1=S. The molecule has 1 aliphatic rings. The summed E-state index contributed by atoms with van der Waals surface area (Å²) in [6.45, 7) is 1.55. The number of aromatic hydroxyl groups is 1.